The zero-order valence-corrected chi connectivity index (χ0v) is 9.25. The van der Waals surface area contributed by atoms with Gasteiger partial charge in [-0.3, -0.25) is 16.3 Å². The third-order valence-corrected chi connectivity index (χ3v) is 2.38. The molecule has 0 bridgehead atoms. The normalized spacial score (nSPS) is 11.7. The van der Waals surface area contributed by atoms with Gasteiger partial charge in [0.1, 0.15) is 0 Å². The molecule has 1 atom stereocenters. The molecule has 1 aromatic rings. The number of pyridine rings is 1. The van der Waals surface area contributed by atoms with Gasteiger partial charge < -0.3 is 0 Å². The number of nitrogens with two attached hydrogens (primary N) is 1. The molecule has 80 valence electrons. The molecule has 0 aliphatic carbocycles. The highest BCUT2D eigenvalue weighted by atomic mass is 15.2. The Morgan fingerprint density at radius 1 is 1.60 bits per heavy atom. The summed E-state index contributed by atoms with van der Waals surface area (Å²) >= 11 is 0. The molecule has 1 aromatic heterocycles. The van der Waals surface area contributed by atoms with Crippen molar-refractivity contribution in [2.75, 3.05) is 0 Å². The second-order valence-electron chi connectivity index (χ2n) is 3.42. The Morgan fingerprint density at radius 2 is 2.40 bits per heavy atom. The van der Waals surface area contributed by atoms with Gasteiger partial charge in [-0.1, -0.05) is 0 Å². The average Bonchev–Trinajstić information content (AvgIpc) is 2.26. The summed E-state index contributed by atoms with van der Waals surface area (Å²) in [5, 5.41) is 0. The van der Waals surface area contributed by atoms with Crippen LogP contribution in [0.15, 0.2) is 18.5 Å². The quantitative estimate of drug-likeness (QED) is 0.445. The Bertz CT molecular complexity index is 363. The van der Waals surface area contributed by atoms with E-state index >= 15 is 0 Å². The highest BCUT2D eigenvalue weighted by Crippen LogP contribution is 2.19. The van der Waals surface area contributed by atoms with Crippen LogP contribution in [-0.4, -0.2) is 4.98 Å². The molecule has 0 saturated carbocycles. The summed E-state index contributed by atoms with van der Waals surface area (Å²) in [7, 11) is 0. The number of nitrogens with one attached hydrogen (secondary N) is 1. The zero-order valence-electron chi connectivity index (χ0n) is 9.25. The van der Waals surface area contributed by atoms with Crippen LogP contribution >= 0.6 is 0 Å². The number of nitrogens with zero attached hydrogens (tertiary/aromatic N) is 1. The van der Waals surface area contributed by atoms with Crippen LogP contribution in [0.4, 0.5) is 0 Å². The maximum Gasteiger partial charge on any atom is 0.0472 e. The van der Waals surface area contributed by atoms with E-state index in [2.05, 4.69) is 22.3 Å². The van der Waals surface area contributed by atoms with Gasteiger partial charge in [0.15, 0.2) is 0 Å². The zero-order chi connectivity index (χ0) is 11.1. The molecule has 0 aromatic carbocycles. The van der Waals surface area contributed by atoms with Crippen molar-refractivity contribution in [1.82, 2.24) is 10.4 Å². The summed E-state index contributed by atoms with van der Waals surface area (Å²) in [6, 6.07) is 2.16. The Kier molecular flexibility index (Phi) is 4.82. The number of hydrogen-bond acceptors (Lipinski definition) is 3. The molecule has 0 saturated heterocycles. The smallest absolute Gasteiger partial charge is 0.0472 e. The van der Waals surface area contributed by atoms with Gasteiger partial charge in [-0.25, -0.2) is 0 Å². The first kappa shape index (κ1) is 11.7. The van der Waals surface area contributed by atoms with E-state index < -0.39 is 0 Å². The first-order chi connectivity index (χ1) is 7.29. The summed E-state index contributed by atoms with van der Waals surface area (Å²) in [6.07, 6.45) is 5.42. The average molecular weight is 203 g/mol. The topological polar surface area (TPSA) is 50.9 Å². The minimum Gasteiger partial charge on any atom is -0.271 e. The van der Waals surface area contributed by atoms with Crippen molar-refractivity contribution in [2.24, 2.45) is 5.84 Å². The molecule has 0 amide bonds. The molecule has 0 radical (unpaired) electrons. The maximum absolute atomic E-state index is 5.54. The first-order valence-electron chi connectivity index (χ1n) is 5.05. The van der Waals surface area contributed by atoms with Crippen molar-refractivity contribution in [3.63, 3.8) is 0 Å². The second-order valence-corrected chi connectivity index (χ2v) is 3.42. The van der Waals surface area contributed by atoms with Crippen LogP contribution < -0.4 is 11.3 Å². The van der Waals surface area contributed by atoms with Crippen LogP contribution in [0.5, 0.6) is 0 Å². The van der Waals surface area contributed by atoms with Crippen molar-refractivity contribution in [2.45, 2.75) is 32.7 Å². The van der Waals surface area contributed by atoms with Crippen molar-refractivity contribution < 1.29 is 0 Å². The number of rotatable bonds is 4. The van der Waals surface area contributed by atoms with Crippen LogP contribution in [0.2, 0.25) is 0 Å². The van der Waals surface area contributed by atoms with E-state index in [-0.39, 0.29) is 6.04 Å². The molecule has 1 unspecified atom stereocenters. The van der Waals surface area contributed by atoms with Gasteiger partial charge in [-0.15, -0.1) is 11.8 Å². The van der Waals surface area contributed by atoms with E-state index in [1.165, 1.54) is 5.56 Å². The van der Waals surface area contributed by atoms with Gasteiger partial charge in [0, 0.05) is 24.9 Å². The number of hydrazine groups is 1. The van der Waals surface area contributed by atoms with E-state index in [9.17, 15) is 0 Å². The monoisotopic (exact) mass is 203 g/mol. The lowest BCUT2D eigenvalue weighted by atomic mass is 10.00. The van der Waals surface area contributed by atoms with Crippen molar-refractivity contribution >= 4 is 0 Å². The van der Waals surface area contributed by atoms with E-state index in [4.69, 9.17) is 5.84 Å². The summed E-state index contributed by atoms with van der Waals surface area (Å²) in [5.41, 5.74) is 5.18. The number of aromatic nitrogens is 1. The molecule has 3 N–H and O–H groups in total. The number of hydrogen-bond donors (Lipinski definition) is 2. The Labute approximate surface area is 91.1 Å². The Morgan fingerprint density at radius 3 is 3.00 bits per heavy atom. The molecule has 0 aliphatic heterocycles. The maximum atomic E-state index is 5.54. The molecule has 0 aliphatic rings. The molecular formula is C12H17N3. The van der Waals surface area contributed by atoms with Crippen molar-refractivity contribution in [1.29, 1.82) is 0 Å². The lowest BCUT2D eigenvalue weighted by molar-refractivity contribution is 0.521. The summed E-state index contributed by atoms with van der Waals surface area (Å²) in [4.78, 5) is 4.06. The van der Waals surface area contributed by atoms with Gasteiger partial charge in [-0.05, 0) is 37.5 Å². The molecule has 1 rings (SSSR count). The fourth-order valence-electron chi connectivity index (χ4n) is 1.55. The van der Waals surface area contributed by atoms with Gasteiger partial charge in [-0.2, -0.15) is 0 Å². The minimum atomic E-state index is 0.161. The predicted octanol–water partition coefficient (Wildman–Crippen LogP) is 1.70. The first-order valence-corrected chi connectivity index (χ1v) is 5.05. The molecule has 3 heteroatoms. The molecule has 1 heterocycles. The molecule has 3 nitrogen and oxygen atoms in total. The molecule has 15 heavy (non-hydrogen) atoms. The summed E-state index contributed by atoms with van der Waals surface area (Å²) in [5.74, 6) is 11.5. The van der Waals surface area contributed by atoms with Gasteiger partial charge in [0.25, 0.3) is 0 Å². The van der Waals surface area contributed by atoms with Crippen molar-refractivity contribution in [3.8, 4) is 11.8 Å². The van der Waals surface area contributed by atoms with E-state index in [1.54, 1.807) is 6.20 Å². The van der Waals surface area contributed by atoms with Crippen LogP contribution in [0.3, 0.4) is 0 Å². The minimum absolute atomic E-state index is 0.161. The van der Waals surface area contributed by atoms with Crippen molar-refractivity contribution in [3.05, 3.63) is 29.6 Å². The third kappa shape index (κ3) is 3.35. The summed E-state index contributed by atoms with van der Waals surface area (Å²) in [6.45, 7) is 3.89. The van der Waals surface area contributed by atoms with Gasteiger partial charge >= 0.3 is 0 Å². The fraction of sp³-hybridized carbons (Fsp3) is 0.417. The SMILES string of the molecule is CC#CCCC(NN)c1ccncc1C. The standard InChI is InChI=1S/C12H17N3/c1-3-4-5-6-12(15-13)11-7-8-14-9-10(11)2/h7-9,12,15H,5-6,13H2,1-2H3. The third-order valence-electron chi connectivity index (χ3n) is 2.38. The molecule has 0 spiro atoms. The highest BCUT2D eigenvalue weighted by Gasteiger charge is 2.10. The summed E-state index contributed by atoms with van der Waals surface area (Å²) < 4.78 is 0. The van der Waals surface area contributed by atoms with Crippen LogP contribution in [0.25, 0.3) is 0 Å². The fourth-order valence-corrected chi connectivity index (χ4v) is 1.55. The predicted molar refractivity (Wildman–Crippen MR) is 61.7 cm³/mol. The Hall–Kier alpha value is -1.37. The second kappa shape index (κ2) is 6.18. The number of aryl methyl sites for hydroxylation is 1. The van der Waals surface area contributed by atoms with Crippen LogP contribution in [-0.2, 0) is 0 Å². The van der Waals surface area contributed by atoms with Crippen LogP contribution in [0, 0.1) is 18.8 Å². The van der Waals surface area contributed by atoms with E-state index in [0.29, 0.717) is 0 Å². The Balaban J connectivity index is 2.72. The highest BCUT2D eigenvalue weighted by molar-refractivity contribution is 5.25. The lowest BCUT2D eigenvalue weighted by Crippen LogP contribution is -2.28. The van der Waals surface area contributed by atoms with Crippen LogP contribution in [0.1, 0.15) is 36.9 Å². The van der Waals surface area contributed by atoms with E-state index in [0.717, 1.165) is 18.4 Å². The van der Waals surface area contributed by atoms with Gasteiger partial charge in [0.05, 0.1) is 0 Å². The molecular weight excluding hydrogens is 186 g/mol. The van der Waals surface area contributed by atoms with E-state index in [1.807, 2.05) is 26.1 Å². The van der Waals surface area contributed by atoms with Gasteiger partial charge in [0.2, 0.25) is 0 Å². The largest absolute Gasteiger partial charge is 0.271 e. The lowest BCUT2D eigenvalue weighted by Gasteiger charge is -2.16. The molecule has 0 fully saturated rings.